The summed E-state index contributed by atoms with van der Waals surface area (Å²) in [5.74, 6) is -6.57. The SMILES string of the molecule is C=C[Si](Cl)(Cl)Cl.C=C[Si](OC(CC(C)=O)C(=O)OCC)(OC(CC(=O)OCC)C(=O)OCC)OC(CC(=O)OCC)C(=O)OCC.C=O.CCOC(=O)CC(O)C(=O)OCC. The average molecular weight is 974 g/mol. The molecule has 0 aromatic rings. The maximum Gasteiger partial charge on any atom is 0.531 e. The summed E-state index contributed by atoms with van der Waals surface area (Å²) in [6, 6.07) is -2.45. The zero-order valence-electron chi connectivity index (χ0n) is 35.7. The van der Waals surface area contributed by atoms with E-state index in [4.69, 9.17) is 80.1 Å². The first kappa shape index (κ1) is 63.9. The van der Waals surface area contributed by atoms with Gasteiger partial charge in [0.15, 0.2) is 24.4 Å². The third-order valence-corrected chi connectivity index (χ3v) is 10.3. The van der Waals surface area contributed by atoms with E-state index in [9.17, 15) is 38.4 Å². The predicted octanol–water partition coefficient (Wildman–Crippen LogP) is 3.43. The summed E-state index contributed by atoms with van der Waals surface area (Å²) < 4.78 is 51.5. The number of Topliss-reactive ketones (excluding diaryl/α,β-unsaturated/α-hetero) is 1. The van der Waals surface area contributed by atoms with Gasteiger partial charge in [0.2, 0.25) is 0 Å². The first-order valence-electron chi connectivity index (χ1n) is 18.6. The van der Waals surface area contributed by atoms with Crippen LogP contribution in [0, 0.1) is 0 Å². The molecule has 4 unspecified atom stereocenters. The fourth-order valence-corrected chi connectivity index (χ4v) is 5.93. The molecule has 0 bridgehead atoms. The quantitative estimate of drug-likeness (QED) is 0.0535. The van der Waals surface area contributed by atoms with Crippen LogP contribution in [0.4, 0.5) is 0 Å². The van der Waals surface area contributed by atoms with Gasteiger partial charge in [-0.25, -0.2) is 19.2 Å². The standard InChI is InChI=1S/C25H40O14Si.C8H14O5.C2H3Cl3Si.CH2O/c1-8-32-21(27)15-19(24(30)35-11-4)38-40(13-6,37-18(14-17(7)26)23(29)34-10-3)39-20(25(31)36-12-5)16-22(28)33-9-2;1-3-12-7(10)5-6(9)8(11)13-4-2;1-2-6(3,4)5;1-2/h13,18-20H,6,8-12,14-16H2,1-5,7H3;6,9H,3-5H2,1-2H3;2H,1H2;1H2. The van der Waals surface area contributed by atoms with Gasteiger partial charge in [0.25, 0.3) is 0 Å². The van der Waals surface area contributed by atoms with E-state index in [1.165, 1.54) is 33.4 Å². The lowest BCUT2D eigenvalue weighted by Gasteiger charge is -2.34. The summed E-state index contributed by atoms with van der Waals surface area (Å²) in [6.45, 7) is 21.2. The van der Waals surface area contributed by atoms with Crippen molar-refractivity contribution in [2.24, 2.45) is 0 Å². The van der Waals surface area contributed by atoms with E-state index in [2.05, 4.69) is 22.6 Å². The number of halogens is 3. The lowest BCUT2D eigenvalue weighted by atomic mass is 10.2. The highest BCUT2D eigenvalue weighted by Gasteiger charge is 2.50. The molecular formula is C36H59Cl3O20Si2. The van der Waals surface area contributed by atoms with E-state index >= 15 is 0 Å². The van der Waals surface area contributed by atoms with Crippen LogP contribution in [0.15, 0.2) is 24.6 Å². The van der Waals surface area contributed by atoms with Crippen LogP contribution in [-0.2, 0) is 89.6 Å². The van der Waals surface area contributed by atoms with Crippen LogP contribution < -0.4 is 0 Å². The number of aliphatic hydroxyl groups is 1. The molecule has 0 aromatic heterocycles. The Bertz CT molecular complexity index is 1320. The van der Waals surface area contributed by atoms with Gasteiger partial charge in [0.05, 0.1) is 65.5 Å². The van der Waals surface area contributed by atoms with E-state index in [-0.39, 0.29) is 52.7 Å². The largest absolute Gasteiger partial charge is 0.531 e. The molecule has 0 spiro atoms. The Morgan fingerprint density at radius 2 is 0.754 bits per heavy atom. The summed E-state index contributed by atoms with van der Waals surface area (Å²) in [7, 11) is -4.69. The average Bonchev–Trinajstić information content (AvgIpc) is 3.18. The third-order valence-electron chi connectivity index (χ3n) is 6.06. The maximum absolute atomic E-state index is 12.8. The number of ether oxygens (including phenoxy) is 7. The Morgan fingerprint density at radius 1 is 0.492 bits per heavy atom. The summed E-state index contributed by atoms with van der Waals surface area (Å²) in [5, 5.41) is 9.07. The van der Waals surface area contributed by atoms with Crippen LogP contribution in [0.2, 0.25) is 0 Å². The number of aliphatic hydroxyl groups excluding tert-OH is 1. The molecule has 0 rings (SSSR count). The van der Waals surface area contributed by atoms with Crippen LogP contribution >= 0.6 is 33.2 Å². The summed E-state index contributed by atoms with van der Waals surface area (Å²) in [4.78, 5) is 104. The zero-order chi connectivity index (χ0) is 48.2. The van der Waals surface area contributed by atoms with E-state index in [1.807, 2.05) is 6.79 Å². The number of esters is 7. The number of carbonyl (C=O) groups is 9. The Morgan fingerprint density at radius 3 is 1.00 bits per heavy atom. The van der Waals surface area contributed by atoms with Crippen molar-refractivity contribution in [2.45, 2.75) is 105 Å². The Labute approximate surface area is 372 Å². The molecule has 0 amide bonds. The second kappa shape index (κ2) is 38.0. The number of hydrogen-bond donors (Lipinski definition) is 1. The highest BCUT2D eigenvalue weighted by Crippen LogP contribution is 2.25. The van der Waals surface area contributed by atoms with Crippen molar-refractivity contribution >= 4 is 102 Å². The number of ketones is 1. The minimum Gasteiger partial charge on any atom is -0.466 e. The number of rotatable bonds is 27. The van der Waals surface area contributed by atoms with Crippen molar-refractivity contribution in [2.75, 3.05) is 46.2 Å². The molecule has 0 aliphatic rings. The molecule has 0 aliphatic carbocycles. The van der Waals surface area contributed by atoms with Crippen molar-refractivity contribution in [1.82, 2.24) is 0 Å². The normalized spacial score (nSPS) is 13.2. The van der Waals surface area contributed by atoms with Gasteiger partial charge in [-0.1, -0.05) is 12.3 Å². The molecule has 1 N–H and O–H groups in total. The van der Waals surface area contributed by atoms with Gasteiger partial charge in [-0.3, -0.25) is 19.2 Å². The Kier molecular flexibility index (Phi) is 39.8. The lowest BCUT2D eigenvalue weighted by molar-refractivity contribution is -0.168. The molecule has 0 saturated heterocycles. The predicted molar refractivity (Wildman–Crippen MR) is 223 cm³/mol. The summed E-state index contributed by atoms with van der Waals surface area (Å²) in [5.41, 5.74) is 2.34. The van der Waals surface area contributed by atoms with E-state index in [0.717, 1.165) is 5.70 Å². The van der Waals surface area contributed by atoms with Crippen LogP contribution in [0.1, 0.15) is 81.1 Å². The van der Waals surface area contributed by atoms with Crippen molar-refractivity contribution < 1.29 is 94.7 Å². The van der Waals surface area contributed by atoms with Gasteiger partial charge in [0, 0.05) is 6.42 Å². The first-order valence-corrected chi connectivity index (χ1v) is 25.5. The molecule has 25 heteroatoms. The molecule has 0 heterocycles. The molecule has 0 aromatic carbocycles. The fraction of sp³-hybridized carbons (Fsp3) is 0.639. The highest BCUT2D eigenvalue weighted by molar-refractivity contribution is 7.66. The van der Waals surface area contributed by atoms with Gasteiger partial charge >= 0.3 is 56.6 Å². The maximum atomic E-state index is 12.8. The molecule has 61 heavy (non-hydrogen) atoms. The van der Waals surface area contributed by atoms with E-state index < -0.39 is 106 Å². The van der Waals surface area contributed by atoms with Crippen LogP contribution in [0.3, 0.4) is 0 Å². The Hall–Kier alpha value is -3.75. The number of hydrogen-bond acceptors (Lipinski definition) is 20. The van der Waals surface area contributed by atoms with Crippen molar-refractivity contribution in [3.05, 3.63) is 24.6 Å². The monoisotopic (exact) mass is 972 g/mol. The molecule has 0 saturated carbocycles. The summed E-state index contributed by atoms with van der Waals surface area (Å²) in [6.07, 6.45) is -8.66. The highest BCUT2D eigenvalue weighted by atomic mass is 35.8. The third kappa shape index (κ3) is 33.5. The summed E-state index contributed by atoms with van der Waals surface area (Å²) >= 11 is 15.8. The minimum atomic E-state index is -4.69. The van der Waals surface area contributed by atoms with Crippen molar-refractivity contribution in [3.63, 3.8) is 0 Å². The van der Waals surface area contributed by atoms with Crippen LogP contribution in [-0.4, -0.2) is 145 Å². The van der Waals surface area contributed by atoms with Crippen LogP contribution in [0.5, 0.6) is 0 Å². The second-order valence-electron chi connectivity index (χ2n) is 10.8. The topological polar surface area (TPSA) is 266 Å². The zero-order valence-corrected chi connectivity index (χ0v) is 40.0. The molecule has 4 atom stereocenters. The Balaban J connectivity index is -0.000000631. The van der Waals surface area contributed by atoms with Gasteiger partial charge < -0.3 is 56.3 Å². The molecular weight excluding hydrogens is 915 g/mol. The van der Waals surface area contributed by atoms with Gasteiger partial charge in [-0.2, -0.15) is 0 Å². The lowest BCUT2D eigenvalue weighted by Crippen LogP contribution is -2.56. The van der Waals surface area contributed by atoms with Crippen molar-refractivity contribution in [1.29, 1.82) is 0 Å². The fourth-order valence-electron chi connectivity index (χ4n) is 3.75. The second-order valence-corrected chi connectivity index (χ2v) is 21.8. The van der Waals surface area contributed by atoms with Gasteiger partial charge in [-0.15, -0.1) is 39.8 Å². The van der Waals surface area contributed by atoms with Crippen molar-refractivity contribution in [3.8, 4) is 0 Å². The smallest absolute Gasteiger partial charge is 0.466 e. The molecule has 0 aliphatic heterocycles. The van der Waals surface area contributed by atoms with Gasteiger partial charge in [-0.05, 0) is 61.1 Å². The van der Waals surface area contributed by atoms with E-state index in [1.54, 1.807) is 27.7 Å². The number of carbonyl (C=O) groups excluding carboxylic acids is 9. The van der Waals surface area contributed by atoms with Gasteiger partial charge in [0.1, 0.15) is 12.6 Å². The van der Waals surface area contributed by atoms with Crippen LogP contribution in [0.25, 0.3) is 0 Å². The molecule has 352 valence electrons. The minimum absolute atomic E-state index is 0.000570. The van der Waals surface area contributed by atoms with E-state index in [0.29, 0.717) is 0 Å². The molecule has 20 nitrogen and oxygen atoms in total. The molecule has 0 fully saturated rings. The molecule has 0 radical (unpaired) electrons. The first-order chi connectivity index (χ1) is 28.6.